The summed E-state index contributed by atoms with van der Waals surface area (Å²) < 4.78 is 16.8. The number of carbonyl (C=O) groups is 3. The zero-order valence-corrected chi connectivity index (χ0v) is 46.1. The van der Waals surface area contributed by atoms with Crippen LogP contribution in [-0.4, -0.2) is 37.2 Å². The molecule has 0 amide bonds. The van der Waals surface area contributed by atoms with Crippen LogP contribution >= 0.6 is 0 Å². The summed E-state index contributed by atoms with van der Waals surface area (Å²) in [4.78, 5) is 38.1. The van der Waals surface area contributed by atoms with Gasteiger partial charge in [-0.1, -0.05) is 243 Å². The summed E-state index contributed by atoms with van der Waals surface area (Å²) in [5, 5.41) is 0. The van der Waals surface area contributed by atoms with Gasteiger partial charge in [-0.3, -0.25) is 14.4 Å². The van der Waals surface area contributed by atoms with E-state index in [-0.39, 0.29) is 31.1 Å². The maximum absolute atomic E-state index is 12.8. The van der Waals surface area contributed by atoms with Gasteiger partial charge in [0.1, 0.15) is 13.2 Å². The zero-order valence-electron chi connectivity index (χ0n) is 46.1. The smallest absolute Gasteiger partial charge is 0.306 e. The van der Waals surface area contributed by atoms with E-state index in [4.69, 9.17) is 14.2 Å². The minimum atomic E-state index is -0.778. The second-order valence-corrected chi connectivity index (χ2v) is 20.2. The molecule has 0 saturated heterocycles. The van der Waals surface area contributed by atoms with Crippen LogP contribution in [0.5, 0.6) is 0 Å². The van der Waals surface area contributed by atoms with Crippen LogP contribution in [0.2, 0.25) is 0 Å². The molecular formula is C63H114O6. The van der Waals surface area contributed by atoms with Crippen molar-refractivity contribution in [3.8, 4) is 0 Å². The number of rotatable bonds is 55. The molecule has 0 heterocycles. The fraction of sp³-hybridized carbons (Fsp3) is 0.825. The Kier molecular flexibility index (Phi) is 55.7. The predicted octanol–water partition coefficient (Wildman–Crippen LogP) is 20.2. The Hall–Kier alpha value is -2.63. The summed E-state index contributed by atoms with van der Waals surface area (Å²) in [7, 11) is 0. The third kappa shape index (κ3) is 56.2. The van der Waals surface area contributed by atoms with Crippen LogP contribution in [0, 0.1) is 0 Å². The number of hydrogen-bond acceptors (Lipinski definition) is 6. The number of ether oxygens (including phenoxy) is 3. The van der Waals surface area contributed by atoms with E-state index in [1.807, 2.05) is 0 Å². The number of allylic oxidation sites excluding steroid dienone is 8. The van der Waals surface area contributed by atoms with Gasteiger partial charge in [0.05, 0.1) is 0 Å². The molecule has 0 aliphatic rings. The van der Waals surface area contributed by atoms with E-state index >= 15 is 0 Å². The lowest BCUT2D eigenvalue weighted by Gasteiger charge is -2.18. The number of hydrogen-bond donors (Lipinski definition) is 0. The quantitative estimate of drug-likeness (QED) is 0.0262. The van der Waals surface area contributed by atoms with E-state index in [0.29, 0.717) is 19.3 Å². The van der Waals surface area contributed by atoms with Crippen molar-refractivity contribution >= 4 is 17.9 Å². The van der Waals surface area contributed by atoms with E-state index in [1.54, 1.807) is 0 Å². The van der Waals surface area contributed by atoms with Gasteiger partial charge < -0.3 is 14.2 Å². The Morgan fingerprint density at radius 3 is 0.841 bits per heavy atom. The first-order valence-electron chi connectivity index (χ1n) is 30.1. The Morgan fingerprint density at radius 2 is 0.522 bits per heavy atom. The van der Waals surface area contributed by atoms with Gasteiger partial charge >= 0.3 is 17.9 Å². The first kappa shape index (κ1) is 66.4. The van der Waals surface area contributed by atoms with Gasteiger partial charge in [0.25, 0.3) is 0 Å². The van der Waals surface area contributed by atoms with E-state index < -0.39 is 6.10 Å². The summed E-state index contributed by atoms with van der Waals surface area (Å²) in [6.45, 7) is 6.59. The second-order valence-electron chi connectivity index (χ2n) is 20.2. The summed E-state index contributed by atoms with van der Waals surface area (Å²) in [5.74, 6) is -0.883. The number of unbranched alkanes of at least 4 members (excludes halogenated alkanes) is 36. The molecule has 0 spiro atoms. The lowest BCUT2D eigenvalue weighted by atomic mass is 10.0. The maximum Gasteiger partial charge on any atom is 0.306 e. The van der Waals surface area contributed by atoms with Crippen LogP contribution in [0.1, 0.15) is 316 Å². The van der Waals surface area contributed by atoms with Gasteiger partial charge in [-0.25, -0.2) is 0 Å². The normalized spacial score (nSPS) is 12.3. The molecule has 0 aromatic heterocycles. The number of esters is 3. The second kappa shape index (κ2) is 57.9. The first-order valence-corrected chi connectivity index (χ1v) is 30.1. The Labute approximate surface area is 428 Å². The van der Waals surface area contributed by atoms with Gasteiger partial charge in [-0.05, 0) is 103 Å². The molecular weight excluding hydrogens is 853 g/mol. The van der Waals surface area contributed by atoms with Crippen LogP contribution in [-0.2, 0) is 28.6 Å². The van der Waals surface area contributed by atoms with Crippen molar-refractivity contribution in [3.05, 3.63) is 48.6 Å². The molecule has 0 aliphatic heterocycles. The lowest BCUT2D eigenvalue weighted by Crippen LogP contribution is -2.30. The molecule has 0 aromatic carbocycles. The highest BCUT2D eigenvalue weighted by molar-refractivity contribution is 5.71. The van der Waals surface area contributed by atoms with Gasteiger partial charge in [0, 0.05) is 19.3 Å². The summed E-state index contributed by atoms with van der Waals surface area (Å²) in [5.41, 5.74) is 0. The molecule has 0 saturated carbocycles. The van der Waals surface area contributed by atoms with Crippen molar-refractivity contribution in [2.45, 2.75) is 322 Å². The van der Waals surface area contributed by atoms with E-state index in [0.717, 1.165) is 83.5 Å². The highest BCUT2D eigenvalue weighted by Gasteiger charge is 2.19. The van der Waals surface area contributed by atoms with Gasteiger partial charge in [-0.2, -0.15) is 0 Å². The predicted molar refractivity (Wildman–Crippen MR) is 298 cm³/mol. The highest BCUT2D eigenvalue weighted by Crippen LogP contribution is 2.16. The molecule has 0 fully saturated rings. The van der Waals surface area contributed by atoms with Crippen molar-refractivity contribution in [2.24, 2.45) is 0 Å². The minimum Gasteiger partial charge on any atom is -0.462 e. The number of carbonyl (C=O) groups excluding carboxylic acids is 3. The molecule has 0 rings (SSSR count). The van der Waals surface area contributed by atoms with Gasteiger partial charge in [-0.15, -0.1) is 0 Å². The lowest BCUT2D eigenvalue weighted by molar-refractivity contribution is -0.167. The molecule has 69 heavy (non-hydrogen) atoms. The molecule has 0 radical (unpaired) electrons. The average molecular weight is 968 g/mol. The Balaban J connectivity index is 4.16. The van der Waals surface area contributed by atoms with Crippen LogP contribution in [0.15, 0.2) is 48.6 Å². The molecule has 402 valence electrons. The highest BCUT2D eigenvalue weighted by atomic mass is 16.6. The molecule has 0 N–H and O–H groups in total. The fourth-order valence-corrected chi connectivity index (χ4v) is 8.70. The van der Waals surface area contributed by atoms with Crippen molar-refractivity contribution in [2.75, 3.05) is 13.2 Å². The van der Waals surface area contributed by atoms with Gasteiger partial charge in [0.2, 0.25) is 0 Å². The van der Waals surface area contributed by atoms with E-state index in [2.05, 4.69) is 69.4 Å². The SMILES string of the molecule is CCCCC/C=C\CCCCCCCC(=O)OCC(COC(=O)CCCCCCCCCCCCCCCCC/C=C\C/C=C\CCCCCCC)OC(=O)CCCCCCC/C=C\CCCCC. The minimum absolute atomic E-state index is 0.0769. The van der Waals surface area contributed by atoms with Crippen LogP contribution in [0.3, 0.4) is 0 Å². The van der Waals surface area contributed by atoms with Crippen LogP contribution < -0.4 is 0 Å². The topological polar surface area (TPSA) is 78.9 Å². The van der Waals surface area contributed by atoms with E-state index in [1.165, 1.54) is 193 Å². The van der Waals surface area contributed by atoms with E-state index in [9.17, 15) is 14.4 Å². The Morgan fingerprint density at radius 1 is 0.290 bits per heavy atom. The molecule has 1 unspecified atom stereocenters. The molecule has 6 nitrogen and oxygen atoms in total. The largest absolute Gasteiger partial charge is 0.462 e. The Bertz CT molecular complexity index is 1200. The van der Waals surface area contributed by atoms with Crippen molar-refractivity contribution < 1.29 is 28.6 Å². The fourth-order valence-electron chi connectivity index (χ4n) is 8.70. The van der Waals surface area contributed by atoms with Crippen LogP contribution in [0.4, 0.5) is 0 Å². The molecule has 0 aromatic rings. The average Bonchev–Trinajstić information content (AvgIpc) is 3.35. The molecule has 6 heteroatoms. The summed E-state index contributed by atoms with van der Waals surface area (Å²) >= 11 is 0. The third-order valence-electron chi connectivity index (χ3n) is 13.3. The van der Waals surface area contributed by atoms with Gasteiger partial charge in [0.15, 0.2) is 6.10 Å². The molecule has 1 atom stereocenters. The zero-order chi connectivity index (χ0) is 50.0. The molecule has 0 aliphatic carbocycles. The van der Waals surface area contributed by atoms with Crippen molar-refractivity contribution in [1.29, 1.82) is 0 Å². The summed E-state index contributed by atoms with van der Waals surface area (Å²) in [6, 6.07) is 0. The standard InChI is InChI=1S/C63H114O6/c1-4-7-10-13-16-19-22-25-26-27-28-29-30-31-32-33-34-35-36-37-38-39-42-44-47-50-53-56-62(65)68-59-60(69-63(66)57-54-51-48-45-41-24-21-18-15-12-9-6-3)58-67-61(64)55-52-49-46-43-40-23-20-17-14-11-8-5-2/h17-18,20-22,25,27-28,60H,4-16,19,23-24,26,29-59H2,1-3H3/b20-17-,21-18-,25-22-,28-27-. The first-order chi connectivity index (χ1) is 34.0. The van der Waals surface area contributed by atoms with Crippen molar-refractivity contribution in [3.63, 3.8) is 0 Å². The monoisotopic (exact) mass is 967 g/mol. The summed E-state index contributed by atoms with van der Waals surface area (Å²) in [6.07, 6.45) is 71.2. The maximum atomic E-state index is 12.8. The third-order valence-corrected chi connectivity index (χ3v) is 13.3. The van der Waals surface area contributed by atoms with Crippen LogP contribution in [0.25, 0.3) is 0 Å². The van der Waals surface area contributed by atoms with Crippen molar-refractivity contribution in [1.82, 2.24) is 0 Å². The molecule has 0 bridgehead atoms.